The third-order valence-electron chi connectivity index (χ3n) is 3.08. The highest BCUT2D eigenvalue weighted by atomic mass is 16.4. The van der Waals surface area contributed by atoms with Crippen LogP contribution in [0.1, 0.15) is 42.3 Å². The predicted molar refractivity (Wildman–Crippen MR) is 74.4 cm³/mol. The Bertz CT molecular complexity index is 560. The zero-order valence-corrected chi connectivity index (χ0v) is 11.1. The molecule has 0 bridgehead atoms. The highest BCUT2D eigenvalue weighted by Gasteiger charge is 2.10. The van der Waals surface area contributed by atoms with E-state index in [4.69, 9.17) is 9.52 Å². The molecule has 1 aromatic heterocycles. The van der Waals surface area contributed by atoms with Crippen LogP contribution in [0.4, 0.5) is 0 Å². The van der Waals surface area contributed by atoms with Crippen molar-refractivity contribution in [3.63, 3.8) is 0 Å². The van der Waals surface area contributed by atoms with Gasteiger partial charge in [-0.25, -0.2) is 4.79 Å². The van der Waals surface area contributed by atoms with Crippen molar-refractivity contribution >= 4 is 16.9 Å². The van der Waals surface area contributed by atoms with Gasteiger partial charge in [-0.05, 0) is 36.7 Å². The number of carbonyl (C=O) groups is 1. The van der Waals surface area contributed by atoms with Gasteiger partial charge in [0.25, 0.3) is 0 Å². The number of carboxylic acids is 1. The molecule has 4 nitrogen and oxygen atoms in total. The normalized spacial score (nSPS) is 11.0. The molecule has 4 heteroatoms. The topological polar surface area (TPSA) is 62.5 Å². The van der Waals surface area contributed by atoms with Crippen LogP contribution in [0.25, 0.3) is 11.0 Å². The second-order valence-corrected chi connectivity index (χ2v) is 4.67. The Labute approximate surface area is 112 Å². The summed E-state index contributed by atoms with van der Waals surface area (Å²) in [6.07, 6.45) is 3.66. The second kappa shape index (κ2) is 6.38. The molecule has 0 unspecified atom stereocenters. The summed E-state index contributed by atoms with van der Waals surface area (Å²) in [4.78, 5) is 10.8. The molecule has 1 aromatic carbocycles. The Balaban J connectivity index is 1.98. The van der Waals surface area contributed by atoms with Gasteiger partial charge in [0.15, 0.2) is 0 Å². The lowest BCUT2D eigenvalue weighted by molar-refractivity contribution is 0.0665. The van der Waals surface area contributed by atoms with Crippen molar-refractivity contribution in [1.29, 1.82) is 0 Å². The summed E-state index contributed by atoms with van der Waals surface area (Å²) in [6.45, 7) is 4.00. The van der Waals surface area contributed by atoms with Gasteiger partial charge in [0.05, 0.1) is 0 Å². The van der Waals surface area contributed by atoms with Gasteiger partial charge < -0.3 is 14.8 Å². The number of furan rings is 1. The van der Waals surface area contributed by atoms with Gasteiger partial charge in [-0.3, -0.25) is 0 Å². The first-order valence-electron chi connectivity index (χ1n) is 6.67. The van der Waals surface area contributed by atoms with Crippen molar-refractivity contribution in [2.45, 2.75) is 32.7 Å². The van der Waals surface area contributed by atoms with Crippen LogP contribution in [0.15, 0.2) is 28.7 Å². The summed E-state index contributed by atoms with van der Waals surface area (Å²) in [5.41, 5.74) is 1.76. The average molecular weight is 261 g/mol. The number of carboxylic acid groups (broad SMARTS) is 1. The molecule has 0 spiro atoms. The fourth-order valence-electron chi connectivity index (χ4n) is 2.04. The van der Waals surface area contributed by atoms with Crippen LogP contribution < -0.4 is 5.32 Å². The molecule has 19 heavy (non-hydrogen) atoms. The number of benzene rings is 1. The summed E-state index contributed by atoms with van der Waals surface area (Å²) in [5.74, 6) is -1.04. The van der Waals surface area contributed by atoms with Crippen LogP contribution >= 0.6 is 0 Å². The fraction of sp³-hybridized carbons (Fsp3) is 0.400. The number of nitrogens with one attached hydrogen (secondary N) is 1. The van der Waals surface area contributed by atoms with Crippen molar-refractivity contribution in [2.75, 3.05) is 6.54 Å². The molecule has 0 atom stereocenters. The number of rotatable bonds is 7. The minimum atomic E-state index is -1.03. The molecule has 2 rings (SSSR count). The van der Waals surface area contributed by atoms with E-state index < -0.39 is 5.97 Å². The van der Waals surface area contributed by atoms with Gasteiger partial charge in [-0.2, -0.15) is 0 Å². The van der Waals surface area contributed by atoms with Crippen molar-refractivity contribution in [1.82, 2.24) is 5.32 Å². The van der Waals surface area contributed by atoms with E-state index in [9.17, 15) is 4.79 Å². The first-order valence-corrected chi connectivity index (χ1v) is 6.67. The number of aromatic carboxylic acids is 1. The summed E-state index contributed by atoms with van der Waals surface area (Å²) >= 11 is 0. The first kappa shape index (κ1) is 13.6. The summed E-state index contributed by atoms with van der Waals surface area (Å²) in [7, 11) is 0. The Morgan fingerprint density at radius 2 is 2.16 bits per heavy atom. The lowest BCUT2D eigenvalue weighted by Gasteiger charge is -2.04. The average Bonchev–Trinajstić information content (AvgIpc) is 2.82. The molecule has 0 aliphatic heterocycles. The maximum atomic E-state index is 10.8. The highest BCUT2D eigenvalue weighted by molar-refractivity contribution is 5.91. The molecule has 0 aliphatic carbocycles. The van der Waals surface area contributed by atoms with Crippen LogP contribution in [0.2, 0.25) is 0 Å². The van der Waals surface area contributed by atoms with E-state index in [-0.39, 0.29) is 5.76 Å². The third-order valence-corrected chi connectivity index (χ3v) is 3.08. The zero-order chi connectivity index (χ0) is 13.7. The summed E-state index contributed by atoms with van der Waals surface area (Å²) < 4.78 is 5.22. The fourth-order valence-corrected chi connectivity index (χ4v) is 2.04. The van der Waals surface area contributed by atoms with Crippen LogP contribution in [0.3, 0.4) is 0 Å². The number of hydrogen-bond acceptors (Lipinski definition) is 3. The van der Waals surface area contributed by atoms with E-state index in [0.29, 0.717) is 5.58 Å². The first-order chi connectivity index (χ1) is 9.20. The largest absolute Gasteiger partial charge is 0.475 e. The maximum Gasteiger partial charge on any atom is 0.371 e. The highest BCUT2D eigenvalue weighted by Crippen LogP contribution is 2.20. The zero-order valence-electron chi connectivity index (χ0n) is 11.1. The molecule has 2 aromatic rings. The molecule has 0 radical (unpaired) electrons. The molecule has 102 valence electrons. The van der Waals surface area contributed by atoms with Crippen LogP contribution in [-0.4, -0.2) is 17.6 Å². The van der Waals surface area contributed by atoms with E-state index >= 15 is 0 Å². The van der Waals surface area contributed by atoms with Gasteiger partial charge in [0, 0.05) is 11.9 Å². The van der Waals surface area contributed by atoms with E-state index in [1.165, 1.54) is 19.3 Å². The van der Waals surface area contributed by atoms with Gasteiger partial charge >= 0.3 is 5.97 Å². The predicted octanol–water partition coefficient (Wildman–Crippen LogP) is 3.41. The van der Waals surface area contributed by atoms with E-state index in [2.05, 4.69) is 12.2 Å². The molecular formula is C15H19NO3. The third kappa shape index (κ3) is 3.58. The SMILES string of the molecule is CCCCCNCc1ccc2oc(C(=O)O)cc2c1. The van der Waals surface area contributed by atoms with Crippen LogP contribution in [0.5, 0.6) is 0 Å². The second-order valence-electron chi connectivity index (χ2n) is 4.67. The van der Waals surface area contributed by atoms with Gasteiger partial charge in [0.2, 0.25) is 5.76 Å². The minimum absolute atomic E-state index is 0.0111. The molecule has 0 fully saturated rings. The smallest absolute Gasteiger partial charge is 0.371 e. The standard InChI is InChI=1S/C15H19NO3/c1-2-3-4-7-16-10-11-5-6-13-12(8-11)9-14(19-13)15(17)18/h5-6,8-9,16H,2-4,7,10H2,1H3,(H,17,18). The molecule has 2 N–H and O–H groups in total. The number of unbranched alkanes of at least 4 members (excludes halogenated alkanes) is 2. The molecule has 0 saturated carbocycles. The molecular weight excluding hydrogens is 242 g/mol. The molecule has 0 aliphatic rings. The Morgan fingerprint density at radius 1 is 1.32 bits per heavy atom. The van der Waals surface area contributed by atoms with Crippen molar-refractivity contribution in [3.05, 3.63) is 35.6 Å². The summed E-state index contributed by atoms with van der Waals surface area (Å²) in [5, 5.41) is 13.1. The minimum Gasteiger partial charge on any atom is -0.475 e. The van der Waals surface area contributed by atoms with Gasteiger partial charge in [0.1, 0.15) is 5.58 Å². The monoisotopic (exact) mass is 261 g/mol. The molecule has 0 amide bonds. The Morgan fingerprint density at radius 3 is 2.89 bits per heavy atom. The lowest BCUT2D eigenvalue weighted by Crippen LogP contribution is -2.14. The van der Waals surface area contributed by atoms with Crippen molar-refractivity contribution in [2.24, 2.45) is 0 Å². The van der Waals surface area contributed by atoms with Crippen LogP contribution in [-0.2, 0) is 6.54 Å². The van der Waals surface area contributed by atoms with Crippen molar-refractivity contribution in [3.8, 4) is 0 Å². The molecule has 0 saturated heterocycles. The quantitative estimate of drug-likeness (QED) is 0.750. The van der Waals surface area contributed by atoms with Crippen LogP contribution in [0, 0.1) is 0 Å². The number of hydrogen-bond donors (Lipinski definition) is 2. The number of fused-ring (bicyclic) bond motifs is 1. The maximum absolute atomic E-state index is 10.8. The Kier molecular flexibility index (Phi) is 4.58. The Hall–Kier alpha value is -1.81. The van der Waals surface area contributed by atoms with E-state index in [1.54, 1.807) is 6.07 Å². The van der Waals surface area contributed by atoms with E-state index in [0.717, 1.165) is 24.0 Å². The lowest BCUT2D eigenvalue weighted by atomic mass is 10.1. The van der Waals surface area contributed by atoms with Crippen molar-refractivity contribution < 1.29 is 14.3 Å². The van der Waals surface area contributed by atoms with Gasteiger partial charge in [-0.15, -0.1) is 0 Å². The van der Waals surface area contributed by atoms with E-state index in [1.807, 2.05) is 18.2 Å². The molecule has 1 heterocycles. The van der Waals surface area contributed by atoms with Gasteiger partial charge in [-0.1, -0.05) is 25.8 Å². The summed E-state index contributed by atoms with van der Waals surface area (Å²) in [6, 6.07) is 7.32.